The molecule has 1 N–H and O–H groups in total. The highest BCUT2D eigenvalue weighted by molar-refractivity contribution is 5.82. The van der Waals surface area contributed by atoms with Gasteiger partial charge < -0.3 is 10.1 Å². The van der Waals surface area contributed by atoms with Gasteiger partial charge >= 0.3 is 0 Å². The minimum atomic E-state index is 0.231. The smallest absolute Gasteiger partial charge is 0.0705 e. The molecular weight excluding hydrogens is 248 g/mol. The summed E-state index contributed by atoms with van der Waals surface area (Å²) < 4.78 is 5.76. The van der Waals surface area contributed by atoms with Crippen molar-refractivity contribution >= 4 is 10.9 Å². The van der Waals surface area contributed by atoms with Gasteiger partial charge in [0.05, 0.1) is 18.2 Å². The first kappa shape index (κ1) is 14.9. The van der Waals surface area contributed by atoms with Crippen LogP contribution in [0.3, 0.4) is 0 Å². The van der Waals surface area contributed by atoms with E-state index in [1.54, 1.807) is 0 Å². The van der Waals surface area contributed by atoms with Crippen LogP contribution in [0.1, 0.15) is 38.3 Å². The van der Waals surface area contributed by atoms with Crippen LogP contribution >= 0.6 is 0 Å². The molecule has 0 aliphatic rings. The number of hydrogen-bond acceptors (Lipinski definition) is 3. The molecule has 2 rings (SSSR count). The Kier molecular flexibility index (Phi) is 5.96. The van der Waals surface area contributed by atoms with E-state index in [4.69, 9.17) is 4.74 Å². The molecule has 3 heteroatoms. The fourth-order valence-corrected chi connectivity index (χ4v) is 2.35. The van der Waals surface area contributed by atoms with Crippen molar-refractivity contribution in [2.24, 2.45) is 0 Å². The number of hydrogen-bond donors (Lipinski definition) is 1. The summed E-state index contributed by atoms with van der Waals surface area (Å²) in [6.07, 6.45) is 4.01. The molecule has 1 heterocycles. The highest BCUT2D eigenvalue weighted by Crippen LogP contribution is 2.23. The van der Waals surface area contributed by atoms with Gasteiger partial charge in [0, 0.05) is 18.2 Å². The van der Waals surface area contributed by atoms with E-state index in [2.05, 4.69) is 48.4 Å². The zero-order chi connectivity index (χ0) is 14.2. The fraction of sp³-hybridized carbons (Fsp3) is 0.471. The van der Waals surface area contributed by atoms with Crippen LogP contribution in [0.5, 0.6) is 0 Å². The number of benzene rings is 1. The van der Waals surface area contributed by atoms with Crippen molar-refractivity contribution in [1.29, 1.82) is 0 Å². The quantitative estimate of drug-likeness (QED) is 0.744. The van der Waals surface area contributed by atoms with E-state index in [1.165, 1.54) is 10.9 Å². The first-order valence-corrected chi connectivity index (χ1v) is 7.51. The van der Waals surface area contributed by atoms with E-state index in [1.807, 2.05) is 12.3 Å². The van der Waals surface area contributed by atoms with Crippen molar-refractivity contribution in [2.75, 3.05) is 19.8 Å². The Hall–Kier alpha value is -1.45. The molecule has 20 heavy (non-hydrogen) atoms. The standard InChI is InChI=1S/C17H24N2O/c1-3-10-18-17(13-20-12-4-2)15-7-5-9-16-14(15)8-6-11-19-16/h5-9,11,17-18H,3-4,10,12-13H2,1-2H3. The van der Waals surface area contributed by atoms with Gasteiger partial charge in [0.15, 0.2) is 0 Å². The van der Waals surface area contributed by atoms with Crippen molar-refractivity contribution in [3.05, 3.63) is 42.1 Å². The van der Waals surface area contributed by atoms with Crippen molar-refractivity contribution in [1.82, 2.24) is 10.3 Å². The topological polar surface area (TPSA) is 34.1 Å². The lowest BCUT2D eigenvalue weighted by Crippen LogP contribution is -2.26. The molecule has 0 fully saturated rings. The molecular formula is C17H24N2O. The molecule has 0 saturated carbocycles. The van der Waals surface area contributed by atoms with Crippen molar-refractivity contribution in [3.63, 3.8) is 0 Å². The van der Waals surface area contributed by atoms with Gasteiger partial charge in [0.25, 0.3) is 0 Å². The molecule has 1 unspecified atom stereocenters. The Morgan fingerprint density at radius 1 is 1.15 bits per heavy atom. The van der Waals surface area contributed by atoms with Crippen LogP contribution in [0.4, 0.5) is 0 Å². The average Bonchev–Trinajstić information content (AvgIpc) is 2.50. The summed E-state index contributed by atoms with van der Waals surface area (Å²) >= 11 is 0. The van der Waals surface area contributed by atoms with Crippen LogP contribution in [-0.4, -0.2) is 24.7 Å². The lowest BCUT2D eigenvalue weighted by Gasteiger charge is -2.20. The summed E-state index contributed by atoms with van der Waals surface area (Å²) in [6, 6.07) is 10.7. The molecule has 0 radical (unpaired) electrons. The second-order valence-corrected chi connectivity index (χ2v) is 5.00. The fourth-order valence-electron chi connectivity index (χ4n) is 2.35. The van der Waals surface area contributed by atoms with Crippen LogP contribution < -0.4 is 5.32 Å². The summed E-state index contributed by atoms with van der Waals surface area (Å²) in [5, 5.41) is 4.80. The van der Waals surface area contributed by atoms with Gasteiger partial charge in [0.2, 0.25) is 0 Å². The summed E-state index contributed by atoms with van der Waals surface area (Å²) in [5.74, 6) is 0. The molecule has 1 atom stereocenters. The number of pyridine rings is 1. The first-order valence-electron chi connectivity index (χ1n) is 7.51. The summed E-state index contributed by atoms with van der Waals surface area (Å²) in [5.41, 5.74) is 2.32. The van der Waals surface area contributed by atoms with E-state index in [0.717, 1.165) is 31.5 Å². The van der Waals surface area contributed by atoms with Gasteiger partial charge in [-0.05, 0) is 37.1 Å². The summed E-state index contributed by atoms with van der Waals surface area (Å²) in [7, 11) is 0. The van der Waals surface area contributed by atoms with Crippen LogP contribution in [0.25, 0.3) is 10.9 Å². The zero-order valence-corrected chi connectivity index (χ0v) is 12.4. The Morgan fingerprint density at radius 2 is 2.05 bits per heavy atom. The minimum absolute atomic E-state index is 0.231. The number of rotatable bonds is 8. The van der Waals surface area contributed by atoms with Gasteiger partial charge in [-0.15, -0.1) is 0 Å². The third kappa shape index (κ3) is 3.78. The van der Waals surface area contributed by atoms with Gasteiger partial charge in [-0.3, -0.25) is 4.98 Å². The van der Waals surface area contributed by atoms with E-state index in [9.17, 15) is 0 Å². The third-order valence-electron chi connectivity index (χ3n) is 3.33. The second-order valence-electron chi connectivity index (χ2n) is 5.00. The number of nitrogens with zero attached hydrogens (tertiary/aromatic N) is 1. The van der Waals surface area contributed by atoms with Gasteiger partial charge in [-0.25, -0.2) is 0 Å². The summed E-state index contributed by atoms with van der Waals surface area (Å²) in [6.45, 7) is 6.84. The SMILES string of the molecule is CCCNC(COCCC)c1cccc2ncccc12. The molecule has 2 aromatic rings. The molecule has 0 aliphatic carbocycles. The number of nitrogens with one attached hydrogen (secondary N) is 1. The molecule has 0 bridgehead atoms. The predicted molar refractivity (Wildman–Crippen MR) is 83.9 cm³/mol. The monoisotopic (exact) mass is 272 g/mol. The maximum Gasteiger partial charge on any atom is 0.0705 e. The van der Waals surface area contributed by atoms with Crippen LogP contribution in [0, 0.1) is 0 Å². The van der Waals surface area contributed by atoms with E-state index >= 15 is 0 Å². The predicted octanol–water partition coefficient (Wildman–Crippen LogP) is 3.70. The number of fused-ring (bicyclic) bond motifs is 1. The second kappa shape index (κ2) is 7.98. The Balaban J connectivity index is 2.24. The maximum atomic E-state index is 5.76. The van der Waals surface area contributed by atoms with Crippen LogP contribution in [-0.2, 0) is 4.74 Å². The van der Waals surface area contributed by atoms with Gasteiger partial charge in [-0.2, -0.15) is 0 Å². The normalized spacial score (nSPS) is 12.7. The number of ether oxygens (including phenoxy) is 1. The maximum absolute atomic E-state index is 5.76. The molecule has 1 aromatic carbocycles. The Labute approximate surface area is 121 Å². The molecule has 3 nitrogen and oxygen atoms in total. The van der Waals surface area contributed by atoms with Crippen molar-refractivity contribution in [2.45, 2.75) is 32.7 Å². The average molecular weight is 272 g/mol. The molecule has 0 amide bonds. The van der Waals surface area contributed by atoms with Crippen molar-refractivity contribution in [3.8, 4) is 0 Å². The van der Waals surface area contributed by atoms with Crippen LogP contribution in [0.2, 0.25) is 0 Å². The first-order chi connectivity index (χ1) is 9.86. The molecule has 0 spiro atoms. The van der Waals surface area contributed by atoms with Gasteiger partial charge in [0.1, 0.15) is 0 Å². The van der Waals surface area contributed by atoms with E-state index in [0.29, 0.717) is 6.61 Å². The Morgan fingerprint density at radius 3 is 2.85 bits per heavy atom. The largest absolute Gasteiger partial charge is 0.379 e. The lowest BCUT2D eigenvalue weighted by atomic mass is 10.0. The molecule has 108 valence electrons. The van der Waals surface area contributed by atoms with E-state index in [-0.39, 0.29) is 6.04 Å². The van der Waals surface area contributed by atoms with Crippen LogP contribution in [0.15, 0.2) is 36.5 Å². The van der Waals surface area contributed by atoms with Crippen molar-refractivity contribution < 1.29 is 4.74 Å². The molecule has 0 saturated heterocycles. The third-order valence-corrected chi connectivity index (χ3v) is 3.33. The summed E-state index contributed by atoms with van der Waals surface area (Å²) in [4.78, 5) is 4.43. The molecule has 1 aromatic heterocycles. The minimum Gasteiger partial charge on any atom is -0.379 e. The highest BCUT2D eigenvalue weighted by atomic mass is 16.5. The van der Waals surface area contributed by atoms with E-state index < -0.39 is 0 Å². The lowest BCUT2D eigenvalue weighted by molar-refractivity contribution is 0.112. The Bertz CT molecular complexity index is 522. The van der Waals surface area contributed by atoms with Gasteiger partial charge in [-0.1, -0.05) is 32.0 Å². The number of aromatic nitrogens is 1. The molecule has 0 aliphatic heterocycles. The zero-order valence-electron chi connectivity index (χ0n) is 12.4. The highest BCUT2D eigenvalue weighted by Gasteiger charge is 2.13.